The van der Waals surface area contributed by atoms with E-state index in [9.17, 15) is 4.79 Å². The fraction of sp³-hybridized carbons (Fsp3) is 0.533. The number of hydrogen-bond acceptors (Lipinski definition) is 3. The summed E-state index contributed by atoms with van der Waals surface area (Å²) in [4.78, 5) is 15.7. The van der Waals surface area contributed by atoms with Crippen molar-refractivity contribution in [3.63, 3.8) is 0 Å². The first-order chi connectivity index (χ1) is 8.99. The second kappa shape index (κ2) is 5.61. The average Bonchev–Trinajstić information content (AvgIpc) is 2.38. The molecule has 0 aliphatic carbocycles. The van der Waals surface area contributed by atoms with Crippen molar-refractivity contribution in [3.05, 3.63) is 29.3 Å². The first-order valence-electron chi connectivity index (χ1n) is 6.82. The minimum absolute atomic E-state index is 0.0593. The molecule has 2 N–H and O–H groups in total. The van der Waals surface area contributed by atoms with E-state index < -0.39 is 0 Å². The topological polar surface area (TPSA) is 49.6 Å². The van der Waals surface area contributed by atoms with Crippen LogP contribution >= 0.6 is 0 Å². The molecule has 1 amide bonds. The Morgan fingerprint density at radius 3 is 2.84 bits per heavy atom. The van der Waals surface area contributed by atoms with Gasteiger partial charge in [0.1, 0.15) is 0 Å². The molecule has 104 valence electrons. The molecule has 1 heterocycles. The first kappa shape index (κ1) is 13.9. The summed E-state index contributed by atoms with van der Waals surface area (Å²) in [6, 6.07) is 6.42. The summed E-state index contributed by atoms with van der Waals surface area (Å²) in [5.74, 6) is 0.143. The van der Waals surface area contributed by atoms with Gasteiger partial charge in [-0.3, -0.25) is 4.79 Å². The number of benzene rings is 1. The fourth-order valence-electron chi connectivity index (χ4n) is 2.45. The van der Waals surface area contributed by atoms with Crippen LogP contribution in [0, 0.1) is 0 Å². The molecule has 1 aromatic rings. The lowest BCUT2D eigenvalue weighted by Gasteiger charge is -2.32. The van der Waals surface area contributed by atoms with Gasteiger partial charge in [0.25, 0.3) is 0 Å². The lowest BCUT2D eigenvalue weighted by Crippen LogP contribution is -2.39. The van der Waals surface area contributed by atoms with Crippen molar-refractivity contribution >= 4 is 11.6 Å². The maximum Gasteiger partial charge on any atom is 0.241 e. The molecule has 1 aliphatic heterocycles. The second-order valence-electron chi connectivity index (χ2n) is 5.49. The van der Waals surface area contributed by atoms with Crippen LogP contribution in [0.25, 0.3) is 0 Å². The van der Waals surface area contributed by atoms with Gasteiger partial charge in [0.05, 0.1) is 6.54 Å². The van der Waals surface area contributed by atoms with Gasteiger partial charge >= 0.3 is 0 Å². The molecule has 1 aromatic carbocycles. The number of anilines is 1. The average molecular weight is 261 g/mol. The molecule has 1 unspecified atom stereocenters. The van der Waals surface area contributed by atoms with Gasteiger partial charge < -0.3 is 15.5 Å². The highest BCUT2D eigenvalue weighted by molar-refractivity contribution is 5.81. The Bertz CT molecular complexity index is 468. The van der Waals surface area contributed by atoms with E-state index in [1.807, 2.05) is 6.92 Å². The van der Waals surface area contributed by atoms with Crippen molar-refractivity contribution in [2.45, 2.75) is 25.8 Å². The van der Waals surface area contributed by atoms with Crippen LogP contribution in [-0.4, -0.2) is 38.0 Å². The van der Waals surface area contributed by atoms with Gasteiger partial charge in [0.15, 0.2) is 0 Å². The van der Waals surface area contributed by atoms with Crippen LogP contribution in [0.15, 0.2) is 18.2 Å². The SMILES string of the molecule is CC(N)c1ccc2c(c1)CCCN2CC(=O)N(C)C. The molecule has 1 atom stereocenters. The molecule has 0 radical (unpaired) electrons. The van der Waals surface area contributed by atoms with Crippen LogP contribution in [-0.2, 0) is 11.2 Å². The third-order valence-electron chi connectivity index (χ3n) is 3.67. The number of amides is 1. The molecule has 19 heavy (non-hydrogen) atoms. The molecule has 4 nitrogen and oxygen atoms in total. The summed E-state index contributed by atoms with van der Waals surface area (Å²) in [5, 5.41) is 0. The second-order valence-corrected chi connectivity index (χ2v) is 5.49. The highest BCUT2D eigenvalue weighted by atomic mass is 16.2. The molecule has 4 heteroatoms. The van der Waals surface area contributed by atoms with E-state index in [1.54, 1.807) is 19.0 Å². The summed E-state index contributed by atoms with van der Waals surface area (Å²) >= 11 is 0. The summed E-state index contributed by atoms with van der Waals surface area (Å²) in [6.07, 6.45) is 2.17. The Morgan fingerprint density at radius 2 is 2.21 bits per heavy atom. The first-order valence-corrected chi connectivity index (χ1v) is 6.82. The highest BCUT2D eigenvalue weighted by Gasteiger charge is 2.20. The third kappa shape index (κ3) is 3.07. The molecule has 0 fully saturated rings. The van der Waals surface area contributed by atoms with E-state index in [1.165, 1.54) is 16.8 Å². The number of carbonyl (C=O) groups is 1. The summed E-state index contributed by atoms with van der Waals surface area (Å²) < 4.78 is 0. The molecule has 0 saturated carbocycles. The van der Waals surface area contributed by atoms with E-state index in [0.29, 0.717) is 6.54 Å². The van der Waals surface area contributed by atoms with Crippen molar-refractivity contribution < 1.29 is 4.79 Å². The number of nitrogens with zero attached hydrogens (tertiary/aromatic N) is 2. The van der Waals surface area contributed by atoms with Crippen LogP contribution in [0.4, 0.5) is 5.69 Å². The summed E-state index contributed by atoms with van der Waals surface area (Å²) in [7, 11) is 3.60. The number of carbonyl (C=O) groups excluding carboxylic acids is 1. The lowest BCUT2D eigenvalue weighted by molar-refractivity contribution is -0.127. The lowest BCUT2D eigenvalue weighted by atomic mass is 9.97. The maximum atomic E-state index is 11.9. The van der Waals surface area contributed by atoms with Gasteiger partial charge in [-0.15, -0.1) is 0 Å². The van der Waals surface area contributed by atoms with Gasteiger partial charge in [-0.2, -0.15) is 0 Å². The summed E-state index contributed by atoms with van der Waals surface area (Å²) in [5.41, 5.74) is 9.59. The fourth-order valence-corrected chi connectivity index (χ4v) is 2.45. The van der Waals surface area contributed by atoms with E-state index >= 15 is 0 Å². The molecule has 0 bridgehead atoms. The Hall–Kier alpha value is -1.55. The van der Waals surface area contributed by atoms with E-state index in [4.69, 9.17) is 5.73 Å². The predicted octanol–water partition coefficient (Wildman–Crippen LogP) is 1.55. The largest absolute Gasteiger partial charge is 0.362 e. The predicted molar refractivity (Wildman–Crippen MR) is 78.3 cm³/mol. The van der Waals surface area contributed by atoms with Crippen LogP contribution < -0.4 is 10.6 Å². The maximum absolute atomic E-state index is 11.9. The van der Waals surface area contributed by atoms with E-state index in [0.717, 1.165) is 19.4 Å². The molecule has 0 spiro atoms. The monoisotopic (exact) mass is 261 g/mol. The number of hydrogen-bond donors (Lipinski definition) is 1. The van der Waals surface area contributed by atoms with E-state index in [-0.39, 0.29) is 11.9 Å². The molecular weight excluding hydrogens is 238 g/mol. The quantitative estimate of drug-likeness (QED) is 0.898. The van der Waals surface area contributed by atoms with Crippen molar-refractivity contribution in [2.75, 3.05) is 32.1 Å². The Kier molecular flexibility index (Phi) is 4.10. The zero-order valence-corrected chi connectivity index (χ0v) is 12.0. The van der Waals surface area contributed by atoms with Crippen LogP contribution in [0.3, 0.4) is 0 Å². The number of fused-ring (bicyclic) bond motifs is 1. The molecule has 2 rings (SSSR count). The molecule has 0 aromatic heterocycles. The van der Waals surface area contributed by atoms with Crippen LogP contribution in [0.2, 0.25) is 0 Å². The van der Waals surface area contributed by atoms with Gasteiger partial charge in [-0.25, -0.2) is 0 Å². The third-order valence-corrected chi connectivity index (χ3v) is 3.67. The molecular formula is C15H23N3O. The molecule has 0 saturated heterocycles. The van der Waals surface area contributed by atoms with Crippen molar-refractivity contribution in [1.29, 1.82) is 0 Å². The normalized spacial score (nSPS) is 15.9. The van der Waals surface area contributed by atoms with Crippen LogP contribution in [0.1, 0.15) is 30.5 Å². The Balaban J connectivity index is 2.22. The standard InChI is InChI=1S/C15H23N3O/c1-11(16)12-6-7-14-13(9-12)5-4-8-18(14)10-15(19)17(2)3/h6-7,9,11H,4-5,8,10,16H2,1-3H3. The number of nitrogens with two attached hydrogens (primary N) is 1. The zero-order valence-electron chi connectivity index (χ0n) is 12.0. The van der Waals surface area contributed by atoms with Crippen molar-refractivity contribution in [3.8, 4) is 0 Å². The zero-order chi connectivity index (χ0) is 14.0. The number of rotatable bonds is 3. The Labute approximate surface area is 115 Å². The van der Waals surface area contributed by atoms with Crippen molar-refractivity contribution in [1.82, 2.24) is 4.90 Å². The van der Waals surface area contributed by atoms with Crippen LogP contribution in [0.5, 0.6) is 0 Å². The van der Waals surface area contributed by atoms with Gasteiger partial charge in [-0.05, 0) is 37.0 Å². The van der Waals surface area contributed by atoms with Gasteiger partial charge in [-0.1, -0.05) is 12.1 Å². The highest BCUT2D eigenvalue weighted by Crippen LogP contribution is 2.29. The molecule has 1 aliphatic rings. The minimum Gasteiger partial charge on any atom is -0.362 e. The van der Waals surface area contributed by atoms with Crippen molar-refractivity contribution in [2.24, 2.45) is 5.73 Å². The summed E-state index contributed by atoms with van der Waals surface area (Å²) in [6.45, 7) is 3.40. The Morgan fingerprint density at radius 1 is 1.47 bits per heavy atom. The minimum atomic E-state index is 0.0593. The number of likely N-dealkylation sites (N-methyl/N-ethyl adjacent to an activating group) is 1. The number of aryl methyl sites for hydroxylation is 1. The van der Waals surface area contributed by atoms with E-state index in [2.05, 4.69) is 23.1 Å². The van der Waals surface area contributed by atoms with Gasteiger partial charge in [0.2, 0.25) is 5.91 Å². The van der Waals surface area contributed by atoms with Gasteiger partial charge in [0, 0.05) is 32.4 Å². The smallest absolute Gasteiger partial charge is 0.241 e.